The summed E-state index contributed by atoms with van der Waals surface area (Å²) in [5.74, 6) is -0.999. The Hall–Kier alpha value is -1.89. The van der Waals surface area contributed by atoms with Crippen LogP contribution in [0, 0.1) is 10.1 Å². The zero-order chi connectivity index (χ0) is 12.8. The average molecular weight is 242 g/mol. The summed E-state index contributed by atoms with van der Waals surface area (Å²) >= 11 is 0. The number of hydrogen-bond acceptors (Lipinski definition) is 5. The molecular weight excluding hydrogens is 228 g/mol. The van der Waals surface area contributed by atoms with Gasteiger partial charge in [-0.1, -0.05) is 6.92 Å². The van der Waals surface area contributed by atoms with Gasteiger partial charge in [0.2, 0.25) is 0 Å². The molecule has 0 saturated carbocycles. The fourth-order valence-electron chi connectivity index (χ4n) is 1.40. The molecule has 0 radical (unpaired) electrons. The molecule has 0 spiro atoms. The van der Waals surface area contributed by atoms with E-state index in [1.54, 1.807) is 0 Å². The molecule has 0 saturated heterocycles. The molecule has 0 aliphatic carbocycles. The van der Waals surface area contributed by atoms with Crippen molar-refractivity contribution in [2.45, 2.75) is 13.3 Å². The molecule has 1 aromatic heterocycles. The van der Waals surface area contributed by atoms with Crippen molar-refractivity contribution in [2.75, 3.05) is 19.7 Å². The van der Waals surface area contributed by atoms with Gasteiger partial charge in [0.05, 0.1) is 12.7 Å². The summed E-state index contributed by atoms with van der Waals surface area (Å²) in [6.45, 7) is 2.38. The maximum atomic E-state index is 11.9. The van der Waals surface area contributed by atoms with E-state index in [0.717, 1.165) is 12.5 Å². The Kier molecular flexibility index (Phi) is 4.65. The van der Waals surface area contributed by atoms with E-state index in [1.165, 1.54) is 11.0 Å². The van der Waals surface area contributed by atoms with Crippen LogP contribution in [0.2, 0.25) is 0 Å². The van der Waals surface area contributed by atoms with Gasteiger partial charge in [0, 0.05) is 13.1 Å². The number of amides is 1. The molecule has 1 heterocycles. The third-order valence-electron chi connectivity index (χ3n) is 2.13. The van der Waals surface area contributed by atoms with E-state index in [9.17, 15) is 14.9 Å². The van der Waals surface area contributed by atoms with Gasteiger partial charge in [-0.25, -0.2) is 0 Å². The number of nitro groups is 1. The van der Waals surface area contributed by atoms with Gasteiger partial charge in [0.1, 0.15) is 4.92 Å². The molecule has 0 bridgehead atoms. The monoisotopic (exact) mass is 242 g/mol. The Balaban J connectivity index is 2.81. The highest BCUT2D eigenvalue weighted by Crippen LogP contribution is 2.17. The second kappa shape index (κ2) is 6.00. The van der Waals surface area contributed by atoms with Crippen LogP contribution < -0.4 is 0 Å². The molecule has 0 aliphatic heterocycles. The van der Waals surface area contributed by atoms with E-state index >= 15 is 0 Å². The number of aliphatic hydroxyl groups excluding tert-OH is 1. The molecule has 7 nitrogen and oxygen atoms in total. The van der Waals surface area contributed by atoms with Crippen molar-refractivity contribution in [1.82, 2.24) is 4.90 Å². The lowest BCUT2D eigenvalue weighted by Crippen LogP contribution is -2.33. The number of carbonyl (C=O) groups is 1. The van der Waals surface area contributed by atoms with Gasteiger partial charge in [-0.15, -0.1) is 0 Å². The van der Waals surface area contributed by atoms with Crippen molar-refractivity contribution in [2.24, 2.45) is 0 Å². The van der Waals surface area contributed by atoms with Gasteiger partial charge >= 0.3 is 5.88 Å². The largest absolute Gasteiger partial charge is 0.433 e. The molecule has 0 atom stereocenters. The minimum absolute atomic E-state index is 0.0846. The fraction of sp³-hybridized carbons (Fsp3) is 0.500. The third-order valence-corrected chi connectivity index (χ3v) is 2.13. The molecule has 7 heteroatoms. The van der Waals surface area contributed by atoms with Crippen LogP contribution in [0.1, 0.15) is 23.9 Å². The molecule has 1 rings (SSSR count). The Morgan fingerprint density at radius 3 is 2.71 bits per heavy atom. The van der Waals surface area contributed by atoms with E-state index in [1.807, 2.05) is 6.92 Å². The Morgan fingerprint density at radius 1 is 1.53 bits per heavy atom. The first-order chi connectivity index (χ1) is 8.10. The standard InChI is InChI=1S/C10H14N2O5/c1-2-5-11(6-7-13)10(14)8-3-4-9(17-8)12(15)16/h3-4,13H,2,5-7H2,1H3. The van der Waals surface area contributed by atoms with Crippen LogP contribution >= 0.6 is 0 Å². The normalized spacial score (nSPS) is 10.2. The van der Waals surface area contributed by atoms with Crippen LogP contribution in [0.5, 0.6) is 0 Å². The van der Waals surface area contributed by atoms with E-state index < -0.39 is 16.7 Å². The summed E-state index contributed by atoms with van der Waals surface area (Å²) in [5.41, 5.74) is 0. The molecule has 1 N–H and O–H groups in total. The molecule has 0 fully saturated rings. The Bertz CT molecular complexity index is 395. The second-order valence-corrected chi connectivity index (χ2v) is 3.41. The van der Waals surface area contributed by atoms with Crippen LogP contribution in [0.3, 0.4) is 0 Å². The van der Waals surface area contributed by atoms with Crippen molar-refractivity contribution < 1.29 is 19.2 Å². The van der Waals surface area contributed by atoms with Crippen LogP contribution in [0.25, 0.3) is 0 Å². The van der Waals surface area contributed by atoms with Gasteiger partial charge < -0.3 is 14.4 Å². The summed E-state index contributed by atoms with van der Waals surface area (Å²) in [4.78, 5) is 23.0. The van der Waals surface area contributed by atoms with Crippen molar-refractivity contribution in [3.05, 3.63) is 28.0 Å². The van der Waals surface area contributed by atoms with Crippen LogP contribution in [-0.4, -0.2) is 40.5 Å². The van der Waals surface area contributed by atoms with E-state index in [0.29, 0.717) is 6.54 Å². The molecule has 0 aromatic carbocycles. The minimum Gasteiger partial charge on any atom is -0.395 e. The predicted molar refractivity (Wildman–Crippen MR) is 58.6 cm³/mol. The van der Waals surface area contributed by atoms with Crippen molar-refractivity contribution in [3.63, 3.8) is 0 Å². The summed E-state index contributed by atoms with van der Waals surface area (Å²) in [7, 11) is 0. The molecule has 17 heavy (non-hydrogen) atoms. The first-order valence-electron chi connectivity index (χ1n) is 5.24. The highest BCUT2D eigenvalue weighted by atomic mass is 16.6. The Labute approximate surface area is 97.8 Å². The number of aliphatic hydroxyl groups is 1. The maximum Gasteiger partial charge on any atom is 0.433 e. The lowest BCUT2D eigenvalue weighted by Gasteiger charge is -2.19. The zero-order valence-corrected chi connectivity index (χ0v) is 9.46. The summed E-state index contributed by atoms with van der Waals surface area (Å²) in [5, 5.41) is 19.2. The lowest BCUT2D eigenvalue weighted by molar-refractivity contribution is -0.402. The van der Waals surface area contributed by atoms with Crippen molar-refractivity contribution in [1.29, 1.82) is 0 Å². The number of carbonyl (C=O) groups excluding carboxylic acids is 1. The van der Waals surface area contributed by atoms with Crippen molar-refractivity contribution >= 4 is 11.8 Å². The van der Waals surface area contributed by atoms with Gasteiger partial charge in [-0.3, -0.25) is 14.9 Å². The van der Waals surface area contributed by atoms with E-state index in [4.69, 9.17) is 9.52 Å². The maximum absolute atomic E-state index is 11.9. The van der Waals surface area contributed by atoms with Gasteiger partial charge in [0.25, 0.3) is 5.91 Å². The number of hydrogen-bond donors (Lipinski definition) is 1. The highest BCUT2D eigenvalue weighted by molar-refractivity contribution is 5.91. The smallest absolute Gasteiger partial charge is 0.395 e. The van der Waals surface area contributed by atoms with Crippen LogP contribution in [0.15, 0.2) is 16.5 Å². The van der Waals surface area contributed by atoms with Gasteiger partial charge in [-0.2, -0.15) is 0 Å². The third kappa shape index (κ3) is 3.28. The lowest BCUT2D eigenvalue weighted by atomic mass is 10.3. The second-order valence-electron chi connectivity index (χ2n) is 3.41. The number of rotatable bonds is 6. The number of nitrogens with zero attached hydrogens (tertiary/aromatic N) is 2. The number of furan rings is 1. The minimum atomic E-state index is -0.701. The van der Waals surface area contributed by atoms with Gasteiger partial charge in [-0.05, 0) is 12.5 Å². The molecular formula is C10H14N2O5. The predicted octanol–water partition coefficient (Wildman–Crippen LogP) is 1.03. The van der Waals surface area contributed by atoms with Crippen LogP contribution in [-0.2, 0) is 0 Å². The fourth-order valence-corrected chi connectivity index (χ4v) is 1.40. The zero-order valence-electron chi connectivity index (χ0n) is 9.46. The molecule has 0 unspecified atom stereocenters. The van der Waals surface area contributed by atoms with E-state index in [2.05, 4.69) is 0 Å². The van der Waals surface area contributed by atoms with E-state index in [-0.39, 0.29) is 18.9 Å². The summed E-state index contributed by atoms with van der Waals surface area (Å²) in [6.07, 6.45) is 0.731. The highest BCUT2D eigenvalue weighted by Gasteiger charge is 2.21. The molecule has 0 aliphatic rings. The Morgan fingerprint density at radius 2 is 2.24 bits per heavy atom. The average Bonchev–Trinajstić information content (AvgIpc) is 2.77. The van der Waals surface area contributed by atoms with Crippen molar-refractivity contribution in [3.8, 4) is 0 Å². The SMILES string of the molecule is CCCN(CCO)C(=O)c1ccc([N+](=O)[O-])o1. The topological polar surface area (TPSA) is 96.8 Å². The first-order valence-corrected chi connectivity index (χ1v) is 5.24. The molecule has 1 aromatic rings. The van der Waals surface area contributed by atoms with Gasteiger partial charge in [0.15, 0.2) is 5.76 Å². The first kappa shape index (κ1) is 13.2. The van der Waals surface area contributed by atoms with Crippen LogP contribution in [0.4, 0.5) is 5.88 Å². The quantitative estimate of drug-likeness (QED) is 0.593. The summed E-state index contributed by atoms with van der Waals surface area (Å²) in [6, 6.07) is 2.40. The molecule has 94 valence electrons. The summed E-state index contributed by atoms with van der Waals surface area (Å²) < 4.78 is 4.81. The molecule has 1 amide bonds.